The second-order valence-electron chi connectivity index (χ2n) is 5.00. The van der Waals surface area contributed by atoms with Gasteiger partial charge < -0.3 is 14.2 Å². The minimum absolute atomic E-state index is 0.192. The summed E-state index contributed by atoms with van der Waals surface area (Å²) in [4.78, 5) is 23.0. The Bertz CT molecular complexity index is 505. The maximum absolute atomic E-state index is 11.8. The third-order valence-electron chi connectivity index (χ3n) is 2.35. The molecule has 0 bridgehead atoms. The molecule has 110 valence electrons. The summed E-state index contributed by atoms with van der Waals surface area (Å²) in [5.41, 5.74) is -0.230. The highest BCUT2D eigenvalue weighted by Crippen LogP contribution is 2.34. The molecule has 0 aromatic heterocycles. The first kappa shape index (κ1) is 15.8. The highest BCUT2D eigenvalue weighted by atomic mass is 16.6. The van der Waals surface area contributed by atoms with Gasteiger partial charge in [-0.2, -0.15) is 0 Å². The van der Waals surface area contributed by atoms with Gasteiger partial charge in [0.25, 0.3) is 0 Å². The molecule has 1 amide bonds. The number of ether oxygens (including phenoxy) is 3. The van der Waals surface area contributed by atoms with Crippen molar-refractivity contribution in [3.8, 4) is 11.5 Å². The van der Waals surface area contributed by atoms with Crippen LogP contribution in [0.5, 0.6) is 11.5 Å². The second-order valence-corrected chi connectivity index (χ2v) is 5.00. The van der Waals surface area contributed by atoms with E-state index in [-0.39, 0.29) is 11.3 Å². The zero-order valence-electron chi connectivity index (χ0n) is 12.3. The van der Waals surface area contributed by atoms with Gasteiger partial charge in [0.2, 0.25) is 0 Å². The molecule has 0 aliphatic carbocycles. The molecule has 0 heterocycles. The van der Waals surface area contributed by atoms with E-state index in [0.717, 1.165) is 0 Å². The van der Waals surface area contributed by atoms with Crippen LogP contribution in [0.3, 0.4) is 0 Å². The lowest BCUT2D eigenvalue weighted by Gasteiger charge is -2.21. The minimum atomic E-state index is -0.674. The summed E-state index contributed by atoms with van der Waals surface area (Å²) in [5.74, 6) is 0.686. The summed E-state index contributed by atoms with van der Waals surface area (Å²) >= 11 is 0. The van der Waals surface area contributed by atoms with Gasteiger partial charge in [-0.25, -0.2) is 4.79 Å². The summed E-state index contributed by atoms with van der Waals surface area (Å²) in [7, 11) is 2.88. The molecule has 0 saturated heterocycles. The number of carbonyl (C=O) groups excluding carboxylic acids is 2. The van der Waals surface area contributed by atoms with Crippen LogP contribution in [0.2, 0.25) is 0 Å². The molecule has 1 rings (SSSR count). The molecular weight excluding hydrogens is 262 g/mol. The molecule has 1 N–H and O–H groups in total. The zero-order chi connectivity index (χ0) is 15.3. The highest BCUT2D eigenvalue weighted by Gasteiger charge is 2.21. The Morgan fingerprint density at radius 1 is 1.15 bits per heavy atom. The molecule has 0 atom stereocenters. The largest absolute Gasteiger partial charge is 0.496 e. The molecule has 1 aromatic carbocycles. The summed E-state index contributed by atoms with van der Waals surface area (Å²) in [6.45, 7) is 5.24. The van der Waals surface area contributed by atoms with Crippen molar-refractivity contribution in [3.63, 3.8) is 0 Å². The van der Waals surface area contributed by atoms with Gasteiger partial charge in [0.05, 0.1) is 19.8 Å². The molecule has 6 heteroatoms. The van der Waals surface area contributed by atoms with Crippen molar-refractivity contribution >= 4 is 18.1 Å². The lowest BCUT2D eigenvalue weighted by molar-refractivity contribution is 0.0635. The van der Waals surface area contributed by atoms with E-state index in [0.29, 0.717) is 17.8 Å². The maximum Gasteiger partial charge on any atom is 0.412 e. The van der Waals surface area contributed by atoms with Gasteiger partial charge in [-0.15, -0.1) is 0 Å². The van der Waals surface area contributed by atoms with E-state index in [1.54, 1.807) is 32.9 Å². The Morgan fingerprint density at radius 3 is 2.15 bits per heavy atom. The standard InChI is InChI=1S/C14H19NO5/c1-14(2,3)20-13(17)15-12-9(8-16)10(18-4)6-7-11(12)19-5/h6-8H,1-5H3,(H,15,17). The second kappa shape index (κ2) is 6.27. The quantitative estimate of drug-likeness (QED) is 0.859. The predicted octanol–water partition coefficient (Wildman–Crippen LogP) is 2.86. The van der Waals surface area contributed by atoms with Crippen molar-refractivity contribution in [2.24, 2.45) is 0 Å². The summed E-state index contributed by atoms with van der Waals surface area (Å²) in [5, 5.41) is 2.51. The fourth-order valence-electron chi connectivity index (χ4n) is 1.58. The molecule has 0 saturated carbocycles. The average Bonchev–Trinajstić information content (AvgIpc) is 2.35. The van der Waals surface area contributed by atoms with E-state index in [1.165, 1.54) is 14.2 Å². The monoisotopic (exact) mass is 281 g/mol. The number of aldehydes is 1. The highest BCUT2D eigenvalue weighted by molar-refractivity contribution is 5.97. The van der Waals surface area contributed by atoms with E-state index in [4.69, 9.17) is 14.2 Å². The minimum Gasteiger partial charge on any atom is -0.496 e. The third-order valence-corrected chi connectivity index (χ3v) is 2.35. The van der Waals surface area contributed by atoms with Gasteiger partial charge in [0, 0.05) is 0 Å². The van der Waals surface area contributed by atoms with E-state index in [2.05, 4.69) is 5.32 Å². The van der Waals surface area contributed by atoms with Gasteiger partial charge in [0.1, 0.15) is 22.8 Å². The number of hydrogen-bond donors (Lipinski definition) is 1. The van der Waals surface area contributed by atoms with Crippen LogP contribution in [0.15, 0.2) is 12.1 Å². The van der Waals surface area contributed by atoms with Crippen LogP contribution >= 0.6 is 0 Å². The number of amides is 1. The molecular formula is C14H19NO5. The van der Waals surface area contributed by atoms with Crippen LogP contribution in [0.25, 0.3) is 0 Å². The Labute approximate surface area is 118 Å². The molecule has 0 aliphatic heterocycles. The van der Waals surface area contributed by atoms with Crippen molar-refractivity contribution in [2.45, 2.75) is 26.4 Å². The smallest absolute Gasteiger partial charge is 0.412 e. The fraction of sp³-hybridized carbons (Fsp3) is 0.429. The fourth-order valence-corrected chi connectivity index (χ4v) is 1.58. The Kier molecular flexibility index (Phi) is 4.96. The van der Waals surface area contributed by atoms with Crippen LogP contribution in [-0.2, 0) is 4.74 Å². The van der Waals surface area contributed by atoms with Crippen LogP contribution < -0.4 is 14.8 Å². The summed E-state index contributed by atoms with van der Waals surface area (Å²) in [6, 6.07) is 3.18. The SMILES string of the molecule is COc1ccc(OC)c(NC(=O)OC(C)(C)C)c1C=O. The first-order valence-electron chi connectivity index (χ1n) is 6.02. The maximum atomic E-state index is 11.8. The molecule has 0 unspecified atom stereocenters. The van der Waals surface area contributed by atoms with Gasteiger partial charge >= 0.3 is 6.09 Å². The van der Waals surface area contributed by atoms with Crippen molar-refractivity contribution in [2.75, 3.05) is 19.5 Å². The topological polar surface area (TPSA) is 73.9 Å². The normalized spacial score (nSPS) is 10.7. The van der Waals surface area contributed by atoms with Crippen LogP contribution in [0.1, 0.15) is 31.1 Å². The van der Waals surface area contributed by atoms with Crippen LogP contribution in [0, 0.1) is 0 Å². The first-order valence-corrected chi connectivity index (χ1v) is 6.02. The van der Waals surface area contributed by atoms with Crippen molar-refractivity contribution in [1.82, 2.24) is 0 Å². The third kappa shape index (κ3) is 3.88. The van der Waals surface area contributed by atoms with Crippen molar-refractivity contribution in [1.29, 1.82) is 0 Å². The number of methoxy groups -OCH3 is 2. The van der Waals surface area contributed by atoms with Crippen LogP contribution in [-0.4, -0.2) is 32.2 Å². The lowest BCUT2D eigenvalue weighted by Crippen LogP contribution is -2.27. The number of hydrogen-bond acceptors (Lipinski definition) is 5. The predicted molar refractivity (Wildman–Crippen MR) is 74.8 cm³/mol. The first-order chi connectivity index (χ1) is 9.32. The lowest BCUT2D eigenvalue weighted by atomic mass is 10.1. The molecule has 0 aliphatic rings. The molecule has 0 spiro atoms. The molecule has 1 aromatic rings. The number of carbonyl (C=O) groups is 2. The Hall–Kier alpha value is -2.24. The van der Waals surface area contributed by atoms with Crippen molar-refractivity contribution < 1.29 is 23.8 Å². The van der Waals surface area contributed by atoms with Gasteiger partial charge in [-0.3, -0.25) is 10.1 Å². The summed E-state index contributed by atoms with van der Waals surface area (Å²) in [6.07, 6.45) is -0.0826. The Morgan fingerprint density at radius 2 is 1.70 bits per heavy atom. The molecule has 6 nitrogen and oxygen atoms in total. The van der Waals surface area contributed by atoms with Crippen molar-refractivity contribution in [3.05, 3.63) is 17.7 Å². The summed E-state index contributed by atoms with van der Waals surface area (Å²) < 4.78 is 15.4. The van der Waals surface area contributed by atoms with E-state index in [1.807, 2.05) is 0 Å². The van der Waals surface area contributed by atoms with Gasteiger partial charge in [-0.1, -0.05) is 0 Å². The molecule has 0 fully saturated rings. The van der Waals surface area contributed by atoms with E-state index >= 15 is 0 Å². The average molecular weight is 281 g/mol. The number of nitrogens with one attached hydrogen (secondary N) is 1. The van der Waals surface area contributed by atoms with Gasteiger partial charge in [0.15, 0.2) is 6.29 Å². The van der Waals surface area contributed by atoms with E-state index < -0.39 is 11.7 Å². The van der Waals surface area contributed by atoms with Gasteiger partial charge in [-0.05, 0) is 32.9 Å². The van der Waals surface area contributed by atoms with E-state index in [9.17, 15) is 9.59 Å². The number of anilines is 1. The Balaban J connectivity index is 3.14. The molecule has 20 heavy (non-hydrogen) atoms. The zero-order valence-corrected chi connectivity index (χ0v) is 12.3. The number of benzene rings is 1. The number of rotatable bonds is 4. The molecule has 0 radical (unpaired) electrons. The van der Waals surface area contributed by atoms with Crippen LogP contribution in [0.4, 0.5) is 10.5 Å².